The van der Waals surface area contributed by atoms with Gasteiger partial charge in [0.25, 0.3) is 0 Å². The summed E-state index contributed by atoms with van der Waals surface area (Å²) < 4.78 is 15.4. The van der Waals surface area contributed by atoms with Gasteiger partial charge >= 0.3 is 0 Å². The largest absolute Gasteiger partial charge is 0.235 e. The highest BCUT2D eigenvalue weighted by molar-refractivity contribution is 9.08. The van der Waals surface area contributed by atoms with E-state index in [1.54, 1.807) is 23.0 Å². The molecule has 0 bridgehead atoms. The lowest BCUT2D eigenvalue weighted by Gasteiger charge is -2.08. The molecular weight excluding hydrogens is 283 g/mol. The predicted molar refractivity (Wildman–Crippen MR) is 70.1 cm³/mol. The maximum absolute atomic E-state index is 13.7. The zero-order valence-electron chi connectivity index (χ0n) is 9.66. The molecule has 0 radical (unpaired) electrons. The standard InChI is InChI=1S/C13H14BrFN2/c1-2-5-12-10(8-14)9-16-17(12)13-7-4-3-6-11(13)15/h3-4,6-7,9H,2,5,8H2,1H3. The van der Waals surface area contributed by atoms with Crippen LogP contribution in [0.4, 0.5) is 4.39 Å². The van der Waals surface area contributed by atoms with Crippen molar-refractivity contribution in [1.29, 1.82) is 0 Å². The minimum Gasteiger partial charge on any atom is -0.235 e. The van der Waals surface area contributed by atoms with E-state index in [1.165, 1.54) is 6.07 Å². The maximum Gasteiger partial charge on any atom is 0.148 e. The van der Waals surface area contributed by atoms with Crippen LogP contribution in [0.1, 0.15) is 24.6 Å². The summed E-state index contributed by atoms with van der Waals surface area (Å²) in [6.45, 7) is 2.11. The summed E-state index contributed by atoms with van der Waals surface area (Å²) in [6.07, 6.45) is 3.71. The van der Waals surface area contributed by atoms with Crippen molar-refractivity contribution in [1.82, 2.24) is 9.78 Å². The fourth-order valence-corrected chi connectivity index (χ4v) is 2.32. The molecule has 0 saturated heterocycles. The molecule has 2 rings (SSSR count). The molecule has 0 N–H and O–H groups in total. The quantitative estimate of drug-likeness (QED) is 0.784. The smallest absolute Gasteiger partial charge is 0.148 e. The Labute approximate surface area is 109 Å². The van der Waals surface area contributed by atoms with E-state index in [9.17, 15) is 4.39 Å². The Bertz CT molecular complexity index is 508. The first-order valence-electron chi connectivity index (χ1n) is 5.64. The summed E-state index contributed by atoms with van der Waals surface area (Å²) in [6, 6.07) is 6.72. The molecule has 0 saturated carbocycles. The fourth-order valence-electron chi connectivity index (χ4n) is 1.85. The van der Waals surface area contributed by atoms with Crippen LogP contribution >= 0.6 is 15.9 Å². The number of nitrogens with zero attached hydrogens (tertiary/aromatic N) is 2. The molecule has 90 valence electrons. The molecule has 0 aliphatic carbocycles. The highest BCUT2D eigenvalue weighted by Crippen LogP contribution is 2.20. The highest BCUT2D eigenvalue weighted by atomic mass is 79.9. The zero-order valence-corrected chi connectivity index (χ0v) is 11.2. The molecule has 2 nitrogen and oxygen atoms in total. The van der Waals surface area contributed by atoms with Gasteiger partial charge in [0.05, 0.1) is 6.20 Å². The third-order valence-electron chi connectivity index (χ3n) is 2.67. The van der Waals surface area contributed by atoms with E-state index in [0.717, 1.165) is 29.4 Å². The van der Waals surface area contributed by atoms with Crippen LogP contribution in [-0.2, 0) is 11.8 Å². The second kappa shape index (κ2) is 5.45. The van der Waals surface area contributed by atoms with Crippen molar-refractivity contribution >= 4 is 15.9 Å². The summed E-state index contributed by atoms with van der Waals surface area (Å²) in [5, 5.41) is 5.03. The second-order valence-electron chi connectivity index (χ2n) is 3.86. The molecule has 4 heteroatoms. The van der Waals surface area contributed by atoms with Gasteiger partial charge in [-0.25, -0.2) is 9.07 Å². The van der Waals surface area contributed by atoms with Crippen molar-refractivity contribution in [2.24, 2.45) is 0 Å². The Hall–Kier alpha value is -1.16. The van der Waals surface area contributed by atoms with E-state index in [1.807, 2.05) is 6.07 Å². The van der Waals surface area contributed by atoms with Crippen molar-refractivity contribution in [3.05, 3.63) is 47.5 Å². The Morgan fingerprint density at radius 1 is 1.35 bits per heavy atom. The summed E-state index contributed by atoms with van der Waals surface area (Å²) >= 11 is 3.44. The molecule has 1 aromatic heterocycles. The number of halogens is 2. The number of hydrogen-bond donors (Lipinski definition) is 0. The lowest BCUT2D eigenvalue weighted by atomic mass is 10.2. The lowest BCUT2D eigenvalue weighted by Crippen LogP contribution is -2.05. The number of rotatable bonds is 4. The van der Waals surface area contributed by atoms with Gasteiger partial charge in [-0.15, -0.1) is 0 Å². The van der Waals surface area contributed by atoms with Gasteiger partial charge in [-0.05, 0) is 18.6 Å². The summed E-state index contributed by atoms with van der Waals surface area (Å²) in [4.78, 5) is 0. The predicted octanol–water partition coefficient (Wildman–Crippen LogP) is 3.86. The molecule has 0 fully saturated rings. The average molecular weight is 297 g/mol. The topological polar surface area (TPSA) is 17.8 Å². The molecule has 0 atom stereocenters. The second-order valence-corrected chi connectivity index (χ2v) is 4.42. The summed E-state index contributed by atoms with van der Waals surface area (Å²) in [7, 11) is 0. The van der Waals surface area contributed by atoms with Gasteiger partial charge in [0.1, 0.15) is 11.5 Å². The number of alkyl halides is 1. The molecule has 2 aromatic rings. The van der Waals surface area contributed by atoms with Crippen LogP contribution in [0.15, 0.2) is 30.5 Å². The number of para-hydroxylation sites is 1. The third kappa shape index (κ3) is 2.41. The van der Waals surface area contributed by atoms with Gasteiger partial charge in [0.15, 0.2) is 0 Å². The van der Waals surface area contributed by atoms with E-state index in [0.29, 0.717) is 5.69 Å². The molecule has 1 aromatic carbocycles. The van der Waals surface area contributed by atoms with Crippen molar-refractivity contribution in [2.45, 2.75) is 25.1 Å². The average Bonchev–Trinajstić information content (AvgIpc) is 2.73. The first-order chi connectivity index (χ1) is 8.27. The number of aromatic nitrogens is 2. The van der Waals surface area contributed by atoms with Crippen molar-refractivity contribution < 1.29 is 4.39 Å². The monoisotopic (exact) mass is 296 g/mol. The molecule has 1 heterocycles. The zero-order chi connectivity index (χ0) is 12.3. The molecule has 0 aliphatic rings. The van der Waals surface area contributed by atoms with E-state index in [4.69, 9.17) is 0 Å². The first kappa shape index (κ1) is 12.3. The van der Waals surface area contributed by atoms with Gasteiger partial charge in [-0.3, -0.25) is 0 Å². The third-order valence-corrected chi connectivity index (χ3v) is 3.27. The minimum absolute atomic E-state index is 0.242. The van der Waals surface area contributed by atoms with Crippen LogP contribution in [0.25, 0.3) is 5.69 Å². The fraction of sp³-hybridized carbons (Fsp3) is 0.308. The van der Waals surface area contributed by atoms with Crippen LogP contribution in [0.2, 0.25) is 0 Å². The lowest BCUT2D eigenvalue weighted by molar-refractivity contribution is 0.605. The van der Waals surface area contributed by atoms with Gasteiger partial charge < -0.3 is 0 Å². The van der Waals surface area contributed by atoms with E-state index < -0.39 is 0 Å². The molecule has 0 unspecified atom stereocenters. The van der Waals surface area contributed by atoms with Gasteiger partial charge in [-0.1, -0.05) is 41.4 Å². The van der Waals surface area contributed by atoms with E-state index in [-0.39, 0.29) is 5.82 Å². The molecular formula is C13H14BrFN2. The van der Waals surface area contributed by atoms with Crippen molar-refractivity contribution in [3.8, 4) is 5.69 Å². The highest BCUT2D eigenvalue weighted by Gasteiger charge is 2.12. The van der Waals surface area contributed by atoms with Crippen LogP contribution in [0, 0.1) is 5.82 Å². The SMILES string of the molecule is CCCc1c(CBr)cnn1-c1ccccc1F. The molecule has 0 amide bonds. The van der Waals surface area contributed by atoms with Gasteiger partial charge in [0, 0.05) is 16.6 Å². The molecule has 0 aliphatic heterocycles. The van der Waals surface area contributed by atoms with Crippen molar-refractivity contribution in [2.75, 3.05) is 0 Å². The van der Waals surface area contributed by atoms with E-state index in [2.05, 4.69) is 28.0 Å². The Morgan fingerprint density at radius 3 is 2.76 bits per heavy atom. The normalized spacial score (nSPS) is 10.8. The van der Waals surface area contributed by atoms with Crippen LogP contribution in [0.5, 0.6) is 0 Å². The minimum atomic E-state index is -0.242. The number of benzene rings is 1. The van der Waals surface area contributed by atoms with Gasteiger partial charge in [0.2, 0.25) is 0 Å². The Balaban J connectivity index is 2.52. The summed E-state index contributed by atoms with van der Waals surface area (Å²) in [5.41, 5.74) is 2.72. The Morgan fingerprint density at radius 2 is 2.12 bits per heavy atom. The Kier molecular flexibility index (Phi) is 3.94. The van der Waals surface area contributed by atoms with E-state index >= 15 is 0 Å². The van der Waals surface area contributed by atoms with Crippen LogP contribution < -0.4 is 0 Å². The van der Waals surface area contributed by atoms with Crippen LogP contribution in [-0.4, -0.2) is 9.78 Å². The molecule has 17 heavy (non-hydrogen) atoms. The van der Waals surface area contributed by atoms with Gasteiger partial charge in [-0.2, -0.15) is 5.10 Å². The maximum atomic E-state index is 13.7. The first-order valence-corrected chi connectivity index (χ1v) is 6.76. The molecule has 0 spiro atoms. The summed E-state index contributed by atoms with van der Waals surface area (Å²) in [5.74, 6) is -0.242. The number of hydrogen-bond acceptors (Lipinski definition) is 1. The van der Waals surface area contributed by atoms with Crippen LogP contribution in [0.3, 0.4) is 0 Å². The van der Waals surface area contributed by atoms with Crippen molar-refractivity contribution in [3.63, 3.8) is 0 Å².